The lowest BCUT2D eigenvalue weighted by Crippen LogP contribution is -2.16. The summed E-state index contributed by atoms with van der Waals surface area (Å²) in [5, 5.41) is 8.68. The van der Waals surface area contributed by atoms with Crippen LogP contribution in [0.15, 0.2) is 35.9 Å². The minimum atomic E-state index is -1.19. The van der Waals surface area contributed by atoms with Crippen molar-refractivity contribution in [3.63, 3.8) is 0 Å². The molecule has 0 aliphatic rings. The van der Waals surface area contributed by atoms with Gasteiger partial charge in [0.05, 0.1) is 0 Å². The monoisotopic (exact) mass is 193 g/mol. The summed E-state index contributed by atoms with van der Waals surface area (Å²) in [7, 11) is 0. The number of pyridine rings is 1. The van der Waals surface area contributed by atoms with Crippen LogP contribution in [0.5, 0.6) is 0 Å². The molecular formula is C10H11NO3. The molecule has 1 heterocycles. The van der Waals surface area contributed by atoms with Gasteiger partial charge in [0.25, 0.3) is 0 Å². The third-order valence-electron chi connectivity index (χ3n) is 1.80. The van der Waals surface area contributed by atoms with Gasteiger partial charge >= 0.3 is 5.97 Å². The number of allylic oxidation sites excluding steroid dienone is 1. The second-order valence-electron chi connectivity index (χ2n) is 2.84. The highest BCUT2D eigenvalue weighted by molar-refractivity contribution is 5.86. The van der Waals surface area contributed by atoms with Gasteiger partial charge in [0.15, 0.2) is 5.43 Å². The highest BCUT2D eigenvalue weighted by Gasteiger charge is 2.07. The summed E-state index contributed by atoms with van der Waals surface area (Å²) >= 11 is 0. The highest BCUT2D eigenvalue weighted by atomic mass is 16.4. The molecule has 0 saturated heterocycles. The Labute approximate surface area is 81.1 Å². The van der Waals surface area contributed by atoms with Crippen molar-refractivity contribution in [3.05, 3.63) is 46.9 Å². The molecule has 4 nitrogen and oxygen atoms in total. The van der Waals surface area contributed by atoms with Gasteiger partial charge in [-0.3, -0.25) is 4.79 Å². The molecule has 1 N–H and O–H groups in total. The van der Waals surface area contributed by atoms with E-state index in [1.807, 2.05) is 0 Å². The fourth-order valence-electron chi connectivity index (χ4n) is 1.07. The lowest BCUT2D eigenvalue weighted by atomic mass is 10.2. The molecule has 0 bridgehead atoms. The van der Waals surface area contributed by atoms with Crippen molar-refractivity contribution >= 4 is 5.97 Å². The number of nitrogens with zero attached hydrogens (tertiary/aromatic N) is 1. The number of aromatic carboxylic acids is 1. The molecule has 0 atom stereocenters. The summed E-state index contributed by atoms with van der Waals surface area (Å²) in [5.41, 5.74) is -0.663. The van der Waals surface area contributed by atoms with E-state index in [1.54, 1.807) is 16.8 Å². The first-order chi connectivity index (χ1) is 6.65. The maximum atomic E-state index is 11.1. The van der Waals surface area contributed by atoms with Gasteiger partial charge in [-0.15, -0.1) is 6.58 Å². The van der Waals surface area contributed by atoms with Crippen LogP contribution in [0.2, 0.25) is 0 Å². The molecule has 14 heavy (non-hydrogen) atoms. The predicted molar refractivity (Wildman–Crippen MR) is 52.5 cm³/mol. The molecule has 0 aromatic carbocycles. The molecule has 1 aromatic heterocycles. The number of carboxylic acids is 1. The Morgan fingerprint density at radius 1 is 1.64 bits per heavy atom. The fourth-order valence-corrected chi connectivity index (χ4v) is 1.07. The van der Waals surface area contributed by atoms with Crippen molar-refractivity contribution < 1.29 is 9.90 Å². The van der Waals surface area contributed by atoms with Crippen LogP contribution < -0.4 is 5.43 Å². The molecule has 0 spiro atoms. The van der Waals surface area contributed by atoms with Gasteiger partial charge in [-0.1, -0.05) is 6.08 Å². The number of aryl methyl sites for hydroxylation is 1. The number of carbonyl (C=O) groups is 1. The minimum absolute atomic E-state index is 0.198. The maximum Gasteiger partial charge on any atom is 0.341 e. The average molecular weight is 193 g/mol. The molecule has 0 aliphatic heterocycles. The molecule has 0 amide bonds. The van der Waals surface area contributed by atoms with E-state index in [4.69, 9.17) is 5.11 Å². The van der Waals surface area contributed by atoms with E-state index >= 15 is 0 Å². The van der Waals surface area contributed by atoms with Crippen molar-refractivity contribution in [1.82, 2.24) is 4.57 Å². The van der Waals surface area contributed by atoms with E-state index in [0.717, 1.165) is 6.42 Å². The zero-order valence-corrected chi connectivity index (χ0v) is 7.64. The second-order valence-corrected chi connectivity index (χ2v) is 2.84. The van der Waals surface area contributed by atoms with Crippen LogP contribution in [-0.2, 0) is 6.54 Å². The van der Waals surface area contributed by atoms with Crippen LogP contribution in [0, 0.1) is 0 Å². The highest BCUT2D eigenvalue weighted by Crippen LogP contribution is 1.95. The number of aromatic nitrogens is 1. The van der Waals surface area contributed by atoms with Gasteiger partial charge in [-0.2, -0.15) is 0 Å². The molecule has 4 heteroatoms. The van der Waals surface area contributed by atoms with Gasteiger partial charge < -0.3 is 9.67 Å². The molecule has 74 valence electrons. The van der Waals surface area contributed by atoms with Crippen molar-refractivity contribution in [2.75, 3.05) is 0 Å². The van der Waals surface area contributed by atoms with Crippen LogP contribution in [0.25, 0.3) is 0 Å². The first-order valence-electron chi connectivity index (χ1n) is 4.19. The third kappa shape index (κ3) is 2.32. The average Bonchev–Trinajstić information content (AvgIpc) is 2.16. The Hall–Kier alpha value is -1.84. The van der Waals surface area contributed by atoms with Crippen molar-refractivity contribution in [2.45, 2.75) is 13.0 Å². The standard InChI is InChI=1S/C10H11NO3/c1-2-3-5-11-6-4-9(12)8(7-11)10(13)14/h2,4,6-7H,1,3,5H2,(H,13,14). The molecule has 0 unspecified atom stereocenters. The van der Waals surface area contributed by atoms with E-state index in [2.05, 4.69) is 6.58 Å². The summed E-state index contributed by atoms with van der Waals surface area (Å²) < 4.78 is 1.66. The first-order valence-corrected chi connectivity index (χ1v) is 4.19. The molecule has 0 fully saturated rings. The van der Waals surface area contributed by atoms with Gasteiger partial charge in [0.1, 0.15) is 5.56 Å². The van der Waals surface area contributed by atoms with E-state index in [0.29, 0.717) is 6.54 Å². The fraction of sp³-hybridized carbons (Fsp3) is 0.200. The minimum Gasteiger partial charge on any atom is -0.477 e. The van der Waals surface area contributed by atoms with E-state index in [1.165, 1.54) is 12.3 Å². The SMILES string of the molecule is C=CCCn1ccc(=O)c(C(=O)O)c1. The summed E-state index contributed by atoms with van der Waals surface area (Å²) in [6, 6.07) is 1.26. The van der Waals surface area contributed by atoms with Crippen molar-refractivity contribution in [3.8, 4) is 0 Å². The molecular weight excluding hydrogens is 182 g/mol. The number of hydrogen-bond acceptors (Lipinski definition) is 2. The Balaban J connectivity index is 3.00. The molecule has 1 aromatic rings. The van der Waals surface area contributed by atoms with Crippen LogP contribution in [0.4, 0.5) is 0 Å². The van der Waals surface area contributed by atoms with Crippen molar-refractivity contribution in [1.29, 1.82) is 0 Å². The van der Waals surface area contributed by atoms with Gasteiger partial charge in [0.2, 0.25) is 0 Å². The van der Waals surface area contributed by atoms with Crippen LogP contribution in [0.1, 0.15) is 16.8 Å². The Kier molecular flexibility index (Phi) is 3.23. The second kappa shape index (κ2) is 4.41. The normalized spacial score (nSPS) is 9.71. The number of rotatable bonds is 4. The first kappa shape index (κ1) is 10.2. The number of hydrogen-bond donors (Lipinski definition) is 1. The lowest BCUT2D eigenvalue weighted by molar-refractivity contribution is 0.0694. The molecule has 1 rings (SSSR count). The Bertz CT molecular complexity index is 406. The molecule has 0 saturated carbocycles. The van der Waals surface area contributed by atoms with Gasteiger partial charge in [-0.05, 0) is 6.42 Å². The van der Waals surface area contributed by atoms with Crippen molar-refractivity contribution in [2.24, 2.45) is 0 Å². The van der Waals surface area contributed by atoms with Crippen LogP contribution in [0.3, 0.4) is 0 Å². The zero-order valence-electron chi connectivity index (χ0n) is 7.64. The van der Waals surface area contributed by atoms with E-state index in [9.17, 15) is 9.59 Å². The van der Waals surface area contributed by atoms with E-state index in [-0.39, 0.29) is 5.56 Å². The third-order valence-corrected chi connectivity index (χ3v) is 1.80. The number of carboxylic acid groups (broad SMARTS) is 1. The summed E-state index contributed by atoms with van der Waals surface area (Å²) in [6.45, 7) is 4.19. The summed E-state index contributed by atoms with van der Waals surface area (Å²) in [6.07, 6.45) is 5.38. The summed E-state index contributed by atoms with van der Waals surface area (Å²) in [4.78, 5) is 21.7. The predicted octanol–water partition coefficient (Wildman–Crippen LogP) is 1.12. The molecule has 0 aliphatic carbocycles. The molecule has 0 radical (unpaired) electrons. The Morgan fingerprint density at radius 3 is 2.93 bits per heavy atom. The maximum absolute atomic E-state index is 11.1. The van der Waals surface area contributed by atoms with Gasteiger partial charge in [-0.25, -0.2) is 4.79 Å². The zero-order chi connectivity index (χ0) is 10.6. The lowest BCUT2D eigenvalue weighted by Gasteiger charge is -2.04. The van der Waals surface area contributed by atoms with Crippen LogP contribution >= 0.6 is 0 Å². The Morgan fingerprint density at radius 2 is 2.36 bits per heavy atom. The largest absolute Gasteiger partial charge is 0.477 e. The topological polar surface area (TPSA) is 59.3 Å². The summed E-state index contributed by atoms with van der Waals surface area (Å²) in [5.74, 6) is -1.19. The van der Waals surface area contributed by atoms with Gasteiger partial charge in [0, 0.05) is 25.0 Å². The quantitative estimate of drug-likeness (QED) is 0.729. The van der Waals surface area contributed by atoms with Crippen LogP contribution in [-0.4, -0.2) is 15.6 Å². The smallest absolute Gasteiger partial charge is 0.341 e. The van der Waals surface area contributed by atoms with E-state index < -0.39 is 11.4 Å².